The maximum absolute atomic E-state index is 12.8. The second-order valence-corrected chi connectivity index (χ2v) is 6.21. The molecule has 0 aromatic heterocycles. The number of rotatable bonds is 6. The summed E-state index contributed by atoms with van der Waals surface area (Å²) in [5.74, 6) is -0.440. The Labute approximate surface area is 162 Å². The van der Waals surface area contributed by atoms with E-state index in [0.29, 0.717) is 17.9 Å². The highest BCUT2D eigenvalue weighted by molar-refractivity contribution is 7.80. The molecule has 5 nitrogen and oxygen atoms in total. The molecule has 6 heteroatoms. The number of thiocarbonyl (C=S) groups is 1. The molecule has 0 radical (unpaired) electrons. The fourth-order valence-corrected chi connectivity index (χ4v) is 3.08. The fraction of sp³-hybridized carbons (Fsp3) is 0.0952. The number of carbonyl (C=O) groups is 2. The van der Waals surface area contributed by atoms with Gasteiger partial charge in [-0.15, -0.1) is 6.58 Å². The fourth-order valence-electron chi connectivity index (χ4n) is 2.83. The Balaban J connectivity index is 2.16. The highest BCUT2D eigenvalue weighted by atomic mass is 32.1. The van der Waals surface area contributed by atoms with Crippen molar-refractivity contribution >= 4 is 46.0 Å². The number of fused-ring (bicyclic) bond motifs is 1. The number of carbonyl (C=O) groups excluding carboxylic acids is 2. The van der Waals surface area contributed by atoms with Crippen LogP contribution in [0.5, 0.6) is 5.75 Å². The predicted octanol–water partition coefficient (Wildman–Crippen LogP) is 3.22. The molecule has 0 bridgehead atoms. The third-order valence-electron chi connectivity index (χ3n) is 4.07. The second kappa shape index (κ2) is 7.97. The van der Waals surface area contributed by atoms with Crippen LogP contribution in [0.15, 0.2) is 67.3 Å². The van der Waals surface area contributed by atoms with Gasteiger partial charge in [-0.25, -0.2) is 0 Å². The average molecular weight is 378 g/mol. The van der Waals surface area contributed by atoms with Crippen LogP contribution in [-0.2, 0) is 9.59 Å². The van der Waals surface area contributed by atoms with Gasteiger partial charge in [-0.3, -0.25) is 19.8 Å². The predicted molar refractivity (Wildman–Crippen MR) is 110 cm³/mol. The van der Waals surface area contributed by atoms with Gasteiger partial charge in [0.2, 0.25) is 0 Å². The van der Waals surface area contributed by atoms with Crippen molar-refractivity contribution in [3.05, 3.63) is 72.8 Å². The van der Waals surface area contributed by atoms with Crippen molar-refractivity contribution < 1.29 is 14.3 Å². The second-order valence-electron chi connectivity index (χ2n) is 5.82. The molecule has 1 aliphatic rings. The zero-order valence-electron chi connectivity index (χ0n) is 14.6. The van der Waals surface area contributed by atoms with Crippen LogP contribution in [0.4, 0.5) is 0 Å². The first-order valence-corrected chi connectivity index (χ1v) is 8.73. The highest BCUT2D eigenvalue weighted by Crippen LogP contribution is 2.31. The molecule has 0 spiro atoms. The Bertz CT molecular complexity index is 994. The van der Waals surface area contributed by atoms with Crippen molar-refractivity contribution in [2.24, 2.45) is 0 Å². The molecule has 1 fully saturated rings. The molecular weight excluding hydrogens is 360 g/mol. The molecular formula is C21H18N2O3S. The summed E-state index contributed by atoms with van der Waals surface area (Å²) in [4.78, 5) is 26.5. The first-order valence-electron chi connectivity index (χ1n) is 8.32. The maximum Gasteiger partial charge on any atom is 0.265 e. The zero-order chi connectivity index (χ0) is 19.4. The first kappa shape index (κ1) is 18.5. The van der Waals surface area contributed by atoms with Gasteiger partial charge in [0.05, 0.1) is 0 Å². The molecule has 3 rings (SSSR count). The van der Waals surface area contributed by atoms with Crippen molar-refractivity contribution in [3.63, 3.8) is 0 Å². The van der Waals surface area contributed by atoms with Crippen LogP contribution in [0, 0.1) is 0 Å². The van der Waals surface area contributed by atoms with Gasteiger partial charge < -0.3 is 4.74 Å². The minimum Gasteiger partial charge on any atom is -0.489 e. The van der Waals surface area contributed by atoms with Crippen LogP contribution in [0.2, 0.25) is 0 Å². The third-order valence-corrected chi connectivity index (χ3v) is 4.40. The lowest BCUT2D eigenvalue weighted by molar-refractivity contribution is -0.128. The van der Waals surface area contributed by atoms with Crippen molar-refractivity contribution in [2.75, 3.05) is 13.2 Å². The minimum atomic E-state index is -0.534. The largest absolute Gasteiger partial charge is 0.489 e. The molecule has 136 valence electrons. The van der Waals surface area contributed by atoms with E-state index in [9.17, 15) is 9.59 Å². The summed E-state index contributed by atoms with van der Waals surface area (Å²) in [7, 11) is 0. The molecule has 0 atom stereocenters. The molecule has 1 heterocycles. The van der Waals surface area contributed by atoms with Gasteiger partial charge in [0.15, 0.2) is 5.11 Å². The van der Waals surface area contributed by atoms with Gasteiger partial charge in [-0.05, 0) is 35.1 Å². The molecule has 2 aromatic carbocycles. The Kier molecular flexibility index (Phi) is 5.47. The van der Waals surface area contributed by atoms with Crippen molar-refractivity contribution in [1.82, 2.24) is 10.2 Å². The van der Waals surface area contributed by atoms with Crippen molar-refractivity contribution in [2.45, 2.75) is 0 Å². The van der Waals surface area contributed by atoms with E-state index in [1.54, 1.807) is 18.2 Å². The summed E-state index contributed by atoms with van der Waals surface area (Å²) >= 11 is 5.09. The summed E-state index contributed by atoms with van der Waals surface area (Å²) < 4.78 is 5.74. The van der Waals surface area contributed by atoms with Gasteiger partial charge >= 0.3 is 0 Å². The van der Waals surface area contributed by atoms with Gasteiger partial charge in [0, 0.05) is 12.1 Å². The lowest BCUT2D eigenvalue weighted by atomic mass is 10.00. The number of nitrogens with one attached hydrogen (secondary N) is 1. The van der Waals surface area contributed by atoms with Gasteiger partial charge in [-0.2, -0.15) is 0 Å². The van der Waals surface area contributed by atoms with E-state index in [1.165, 1.54) is 4.90 Å². The number of hydrogen-bond acceptors (Lipinski definition) is 4. The van der Waals surface area contributed by atoms with Crippen LogP contribution in [0.3, 0.4) is 0 Å². The lowest BCUT2D eigenvalue weighted by Crippen LogP contribution is -2.53. The molecule has 27 heavy (non-hydrogen) atoms. The van der Waals surface area contributed by atoms with Crippen LogP contribution in [-0.4, -0.2) is 35.0 Å². The molecule has 0 saturated carbocycles. The number of hydrogen-bond donors (Lipinski definition) is 1. The Morgan fingerprint density at radius 2 is 1.89 bits per heavy atom. The lowest BCUT2D eigenvalue weighted by Gasteiger charge is -2.28. The summed E-state index contributed by atoms with van der Waals surface area (Å²) in [6.45, 7) is 7.80. The number of ether oxygens (including phenoxy) is 1. The molecule has 0 aliphatic carbocycles. The quantitative estimate of drug-likeness (QED) is 0.363. The summed E-state index contributed by atoms with van der Waals surface area (Å²) in [5, 5.41) is 4.46. The number of amides is 2. The number of nitrogens with zero attached hydrogens (tertiary/aromatic N) is 1. The minimum absolute atomic E-state index is 0.00902. The van der Waals surface area contributed by atoms with E-state index in [1.807, 2.05) is 36.4 Å². The van der Waals surface area contributed by atoms with Crippen molar-refractivity contribution in [1.29, 1.82) is 0 Å². The van der Waals surface area contributed by atoms with E-state index in [0.717, 1.165) is 10.8 Å². The van der Waals surface area contributed by atoms with E-state index >= 15 is 0 Å². The molecule has 0 unspecified atom stereocenters. The topological polar surface area (TPSA) is 58.6 Å². The Morgan fingerprint density at radius 3 is 2.63 bits per heavy atom. The molecule has 1 saturated heterocycles. The van der Waals surface area contributed by atoms with Crippen LogP contribution in [0.25, 0.3) is 16.8 Å². The summed E-state index contributed by atoms with van der Waals surface area (Å²) in [6.07, 6.45) is 4.74. The summed E-state index contributed by atoms with van der Waals surface area (Å²) in [6, 6.07) is 11.4. The molecule has 2 amide bonds. The maximum atomic E-state index is 12.8. The van der Waals surface area contributed by atoms with Gasteiger partial charge in [0.25, 0.3) is 11.8 Å². The zero-order valence-corrected chi connectivity index (χ0v) is 15.4. The van der Waals surface area contributed by atoms with E-state index in [-0.39, 0.29) is 17.2 Å². The smallest absolute Gasteiger partial charge is 0.265 e. The molecule has 1 N–H and O–H groups in total. The number of benzene rings is 2. The SMILES string of the molecule is C=CCOc1ccc2ccccc2c1/C=C1\C(=O)NC(=S)N(CC=C)C1=O. The van der Waals surface area contributed by atoms with E-state index < -0.39 is 11.8 Å². The third kappa shape index (κ3) is 3.66. The van der Waals surface area contributed by atoms with E-state index in [2.05, 4.69) is 18.5 Å². The van der Waals surface area contributed by atoms with Crippen LogP contribution in [0.1, 0.15) is 5.56 Å². The standard InChI is InChI=1S/C21H18N2O3S/c1-3-11-23-20(25)17(19(24)22-21(23)27)13-16-15-8-6-5-7-14(15)9-10-18(16)26-12-4-2/h3-10,13H,1-2,11-12H2,(H,22,24,27)/b17-13+. The Hall–Kier alpha value is -3.25. The van der Waals surface area contributed by atoms with Gasteiger partial charge in [-0.1, -0.05) is 49.1 Å². The van der Waals surface area contributed by atoms with Crippen LogP contribution < -0.4 is 10.1 Å². The van der Waals surface area contributed by atoms with Crippen molar-refractivity contribution in [3.8, 4) is 5.75 Å². The average Bonchev–Trinajstić information content (AvgIpc) is 2.67. The molecule has 2 aromatic rings. The monoisotopic (exact) mass is 378 g/mol. The van der Waals surface area contributed by atoms with Crippen LogP contribution >= 0.6 is 12.2 Å². The van der Waals surface area contributed by atoms with Gasteiger partial charge in [0.1, 0.15) is 17.9 Å². The first-order chi connectivity index (χ1) is 13.1. The highest BCUT2D eigenvalue weighted by Gasteiger charge is 2.33. The molecule has 1 aliphatic heterocycles. The van der Waals surface area contributed by atoms with E-state index in [4.69, 9.17) is 17.0 Å². The summed E-state index contributed by atoms with van der Waals surface area (Å²) in [5.41, 5.74) is 0.644. The normalized spacial score (nSPS) is 15.8. The Morgan fingerprint density at radius 1 is 1.11 bits per heavy atom.